The SMILES string of the molecule is CCc1cc(=O)[nH]c(NNC(=O)c2cnn(CCO)c2N)n1. The van der Waals surface area contributed by atoms with Gasteiger partial charge in [0, 0.05) is 11.8 Å². The number of aromatic nitrogens is 4. The molecule has 1 amide bonds. The molecule has 0 atom stereocenters. The second-order valence-electron chi connectivity index (χ2n) is 4.41. The number of nitrogens with two attached hydrogens (primary N) is 1. The van der Waals surface area contributed by atoms with E-state index in [1.807, 2.05) is 6.92 Å². The molecule has 10 nitrogen and oxygen atoms in total. The van der Waals surface area contributed by atoms with Crippen LogP contribution in [0.2, 0.25) is 0 Å². The van der Waals surface area contributed by atoms with Crippen LogP contribution in [-0.2, 0) is 13.0 Å². The average molecular weight is 307 g/mol. The number of hydrogen-bond donors (Lipinski definition) is 5. The van der Waals surface area contributed by atoms with Crippen LogP contribution < -0.4 is 22.1 Å². The number of hydrazine groups is 1. The van der Waals surface area contributed by atoms with Gasteiger partial charge < -0.3 is 10.8 Å². The highest BCUT2D eigenvalue weighted by atomic mass is 16.3. The first kappa shape index (κ1) is 15.5. The average Bonchev–Trinajstić information content (AvgIpc) is 2.86. The number of nitrogen functional groups attached to an aromatic ring is 1. The first-order chi connectivity index (χ1) is 10.5. The van der Waals surface area contributed by atoms with Crippen LogP contribution in [0, 0.1) is 0 Å². The van der Waals surface area contributed by atoms with Crippen molar-refractivity contribution in [2.45, 2.75) is 19.9 Å². The van der Waals surface area contributed by atoms with E-state index < -0.39 is 5.91 Å². The van der Waals surface area contributed by atoms with Crippen molar-refractivity contribution in [1.82, 2.24) is 25.2 Å². The van der Waals surface area contributed by atoms with Crippen molar-refractivity contribution in [3.8, 4) is 0 Å². The molecule has 0 saturated heterocycles. The number of nitrogens with one attached hydrogen (secondary N) is 3. The first-order valence-corrected chi connectivity index (χ1v) is 6.64. The zero-order valence-electron chi connectivity index (χ0n) is 12.0. The number of hydrogen-bond acceptors (Lipinski definition) is 7. The van der Waals surface area contributed by atoms with E-state index in [0.717, 1.165) is 0 Å². The maximum atomic E-state index is 12.0. The van der Waals surface area contributed by atoms with Crippen LogP contribution in [-0.4, -0.2) is 37.4 Å². The Balaban J connectivity index is 2.07. The molecule has 0 aromatic carbocycles. The predicted octanol–water partition coefficient (Wildman–Crippen LogP) is -1.14. The lowest BCUT2D eigenvalue weighted by Gasteiger charge is -2.08. The molecule has 0 aliphatic heterocycles. The zero-order valence-corrected chi connectivity index (χ0v) is 12.0. The van der Waals surface area contributed by atoms with Gasteiger partial charge in [-0.2, -0.15) is 5.10 Å². The van der Waals surface area contributed by atoms with Gasteiger partial charge in [-0.05, 0) is 6.42 Å². The van der Waals surface area contributed by atoms with Crippen molar-refractivity contribution in [3.05, 3.63) is 33.9 Å². The number of aryl methyl sites for hydroxylation is 1. The summed E-state index contributed by atoms with van der Waals surface area (Å²) in [6.07, 6.45) is 1.88. The smallest absolute Gasteiger partial charge is 0.275 e. The van der Waals surface area contributed by atoms with Gasteiger partial charge in [0.05, 0.1) is 19.3 Å². The van der Waals surface area contributed by atoms with Gasteiger partial charge in [0.2, 0.25) is 5.95 Å². The minimum absolute atomic E-state index is 0.124. The van der Waals surface area contributed by atoms with Crippen molar-refractivity contribution in [1.29, 1.82) is 0 Å². The molecule has 0 aliphatic rings. The Kier molecular flexibility index (Phi) is 4.73. The van der Waals surface area contributed by atoms with Gasteiger partial charge in [0.1, 0.15) is 11.4 Å². The molecule has 0 unspecified atom stereocenters. The fourth-order valence-corrected chi connectivity index (χ4v) is 1.77. The molecule has 118 valence electrons. The van der Waals surface area contributed by atoms with Crippen LogP contribution in [0.25, 0.3) is 0 Å². The van der Waals surface area contributed by atoms with Crippen LogP contribution in [0.4, 0.5) is 11.8 Å². The summed E-state index contributed by atoms with van der Waals surface area (Å²) in [6.45, 7) is 1.92. The molecule has 0 spiro atoms. The minimum atomic E-state index is -0.536. The molecule has 2 aromatic rings. The minimum Gasteiger partial charge on any atom is -0.394 e. The number of amides is 1. The van der Waals surface area contributed by atoms with Crippen LogP contribution in [0.5, 0.6) is 0 Å². The van der Waals surface area contributed by atoms with E-state index in [0.29, 0.717) is 12.1 Å². The Morgan fingerprint density at radius 3 is 3.00 bits per heavy atom. The van der Waals surface area contributed by atoms with Gasteiger partial charge in [-0.25, -0.2) is 9.67 Å². The number of rotatable bonds is 6. The predicted molar refractivity (Wildman–Crippen MR) is 79.0 cm³/mol. The van der Waals surface area contributed by atoms with Gasteiger partial charge in [0.15, 0.2) is 0 Å². The van der Waals surface area contributed by atoms with Gasteiger partial charge in [-0.15, -0.1) is 0 Å². The summed E-state index contributed by atoms with van der Waals surface area (Å²) in [5, 5.41) is 12.7. The van der Waals surface area contributed by atoms with E-state index in [1.165, 1.54) is 16.9 Å². The van der Waals surface area contributed by atoms with Crippen LogP contribution in [0.1, 0.15) is 23.0 Å². The molecule has 0 fully saturated rings. The zero-order chi connectivity index (χ0) is 16.1. The Morgan fingerprint density at radius 1 is 1.55 bits per heavy atom. The van der Waals surface area contributed by atoms with Crippen molar-refractivity contribution < 1.29 is 9.90 Å². The third-order valence-electron chi connectivity index (χ3n) is 2.89. The number of aromatic amines is 1. The topological polar surface area (TPSA) is 151 Å². The van der Waals surface area contributed by atoms with Gasteiger partial charge in [-0.1, -0.05) is 6.92 Å². The normalized spacial score (nSPS) is 10.5. The lowest BCUT2D eigenvalue weighted by atomic mass is 10.3. The number of H-pyrrole nitrogens is 1. The standard InChI is InChI=1S/C12H17N7O3/c1-2-7-5-9(21)16-12(15-7)18-17-11(22)8-6-14-19(3-4-20)10(8)13/h5-6,20H,2-4,13H2,1H3,(H,17,22)(H2,15,16,18,21). The van der Waals surface area contributed by atoms with Crippen molar-refractivity contribution >= 4 is 17.7 Å². The van der Waals surface area contributed by atoms with Crippen molar-refractivity contribution in [2.24, 2.45) is 0 Å². The molecule has 2 rings (SSSR count). The molecule has 0 bridgehead atoms. The molecule has 22 heavy (non-hydrogen) atoms. The number of carbonyl (C=O) groups is 1. The first-order valence-electron chi connectivity index (χ1n) is 6.64. The lowest BCUT2D eigenvalue weighted by Crippen LogP contribution is -2.32. The monoisotopic (exact) mass is 307 g/mol. The number of carbonyl (C=O) groups excluding carboxylic acids is 1. The summed E-state index contributed by atoms with van der Waals surface area (Å²) in [7, 11) is 0. The summed E-state index contributed by atoms with van der Waals surface area (Å²) < 4.78 is 1.31. The quantitative estimate of drug-likeness (QED) is 0.423. The van der Waals surface area contributed by atoms with Crippen LogP contribution in [0.3, 0.4) is 0 Å². The fraction of sp³-hybridized carbons (Fsp3) is 0.333. The van der Waals surface area contributed by atoms with Crippen LogP contribution >= 0.6 is 0 Å². The highest BCUT2D eigenvalue weighted by Gasteiger charge is 2.15. The lowest BCUT2D eigenvalue weighted by molar-refractivity contribution is 0.0963. The molecule has 0 aliphatic carbocycles. The van der Waals surface area contributed by atoms with Gasteiger partial charge in [-0.3, -0.25) is 25.4 Å². The third kappa shape index (κ3) is 3.41. The highest BCUT2D eigenvalue weighted by molar-refractivity contribution is 5.98. The molecule has 10 heteroatoms. The van der Waals surface area contributed by atoms with Crippen LogP contribution in [0.15, 0.2) is 17.1 Å². The van der Waals surface area contributed by atoms with Crippen molar-refractivity contribution in [3.63, 3.8) is 0 Å². The van der Waals surface area contributed by atoms with E-state index in [2.05, 4.69) is 25.9 Å². The third-order valence-corrected chi connectivity index (χ3v) is 2.89. The fourth-order valence-electron chi connectivity index (χ4n) is 1.77. The summed E-state index contributed by atoms with van der Waals surface area (Å²) in [6, 6.07) is 1.38. The number of anilines is 2. The maximum Gasteiger partial charge on any atom is 0.275 e. The second kappa shape index (κ2) is 6.72. The Labute approximate surface area is 125 Å². The largest absolute Gasteiger partial charge is 0.394 e. The van der Waals surface area contributed by atoms with Gasteiger partial charge >= 0.3 is 0 Å². The van der Waals surface area contributed by atoms with Gasteiger partial charge in [0.25, 0.3) is 11.5 Å². The molecule has 2 heterocycles. The molecular weight excluding hydrogens is 290 g/mol. The van der Waals surface area contributed by atoms with E-state index in [9.17, 15) is 9.59 Å². The summed E-state index contributed by atoms with van der Waals surface area (Å²) >= 11 is 0. The molecule has 6 N–H and O–H groups in total. The van der Waals surface area contributed by atoms with E-state index in [-0.39, 0.29) is 36.0 Å². The maximum absolute atomic E-state index is 12.0. The highest BCUT2D eigenvalue weighted by Crippen LogP contribution is 2.10. The summed E-state index contributed by atoms with van der Waals surface area (Å²) in [5.41, 5.74) is 11.1. The van der Waals surface area contributed by atoms with Crippen molar-refractivity contribution in [2.75, 3.05) is 17.8 Å². The Bertz CT molecular complexity index is 722. The Hall–Kier alpha value is -2.88. The molecule has 2 aromatic heterocycles. The Morgan fingerprint density at radius 2 is 2.32 bits per heavy atom. The summed E-state index contributed by atoms with van der Waals surface area (Å²) in [5.74, 6) is -0.276. The number of aliphatic hydroxyl groups is 1. The van der Waals surface area contributed by atoms with E-state index >= 15 is 0 Å². The second-order valence-corrected chi connectivity index (χ2v) is 4.41. The number of nitrogens with zero attached hydrogens (tertiary/aromatic N) is 3. The van der Waals surface area contributed by atoms with E-state index in [4.69, 9.17) is 10.8 Å². The summed E-state index contributed by atoms with van der Waals surface area (Å²) in [4.78, 5) is 30.0. The molecule has 0 radical (unpaired) electrons. The molecule has 0 saturated carbocycles. The van der Waals surface area contributed by atoms with E-state index in [1.54, 1.807) is 0 Å². The number of aliphatic hydroxyl groups excluding tert-OH is 1. The molecular formula is C12H17N7O3.